The highest BCUT2D eigenvalue weighted by Crippen LogP contribution is 2.43. The van der Waals surface area contributed by atoms with Crippen molar-refractivity contribution in [3.05, 3.63) is 70.2 Å². The fourth-order valence-corrected chi connectivity index (χ4v) is 4.91. The van der Waals surface area contributed by atoms with Crippen LogP contribution in [0.25, 0.3) is 0 Å². The average molecular weight is 395 g/mol. The van der Waals surface area contributed by atoms with Crippen LogP contribution < -0.4 is 0 Å². The molecule has 1 unspecified atom stereocenters. The van der Waals surface area contributed by atoms with Gasteiger partial charge in [-0.2, -0.15) is 0 Å². The number of Topliss-reactive ketones (excluding diaryl/α,β-unsaturated/α-hetero) is 2. The number of nitrogens with zero attached hydrogens (tertiary/aromatic N) is 2. The molecule has 144 valence electrons. The van der Waals surface area contributed by atoms with Gasteiger partial charge in [-0.3, -0.25) is 14.5 Å². The molecule has 1 saturated heterocycles. The predicted octanol–water partition coefficient (Wildman–Crippen LogP) is 3.64. The van der Waals surface area contributed by atoms with Gasteiger partial charge in [-0.05, 0) is 42.5 Å². The number of rotatable bonds is 4. The number of hydrogen-bond acceptors (Lipinski definition) is 4. The van der Waals surface area contributed by atoms with Crippen LogP contribution in [0.15, 0.2) is 48.5 Å². The summed E-state index contributed by atoms with van der Waals surface area (Å²) in [7, 11) is 0. The lowest BCUT2D eigenvalue weighted by Crippen LogP contribution is -2.60. The first-order valence-electron chi connectivity index (χ1n) is 10.0. The van der Waals surface area contributed by atoms with Gasteiger partial charge in [-0.25, -0.2) is 0 Å². The molecular weight excluding hydrogens is 372 g/mol. The average Bonchev–Trinajstić information content (AvgIpc) is 3.50. The fourth-order valence-electron chi connectivity index (χ4n) is 4.74. The van der Waals surface area contributed by atoms with E-state index in [9.17, 15) is 9.59 Å². The van der Waals surface area contributed by atoms with Crippen molar-refractivity contribution in [1.29, 1.82) is 0 Å². The molecule has 0 spiro atoms. The third kappa shape index (κ3) is 2.74. The number of halogens is 1. The van der Waals surface area contributed by atoms with E-state index in [2.05, 4.69) is 9.80 Å². The second-order valence-electron chi connectivity index (χ2n) is 8.16. The van der Waals surface area contributed by atoms with E-state index in [4.69, 9.17) is 11.6 Å². The molecule has 0 N–H and O–H groups in total. The van der Waals surface area contributed by atoms with E-state index in [1.54, 1.807) is 18.2 Å². The van der Waals surface area contributed by atoms with Crippen molar-refractivity contribution in [2.45, 2.75) is 18.4 Å². The number of carbonyl (C=O) groups is 2. The predicted molar refractivity (Wildman–Crippen MR) is 109 cm³/mol. The van der Waals surface area contributed by atoms with Gasteiger partial charge < -0.3 is 4.90 Å². The first kappa shape index (κ1) is 18.0. The molecule has 5 rings (SSSR count). The maximum Gasteiger partial charge on any atom is 0.196 e. The smallest absolute Gasteiger partial charge is 0.196 e. The number of fused-ring (bicyclic) bond motifs is 1. The van der Waals surface area contributed by atoms with Gasteiger partial charge in [0.15, 0.2) is 17.1 Å². The van der Waals surface area contributed by atoms with E-state index in [1.165, 1.54) is 12.8 Å². The Labute approximate surface area is 170 Å². The highest BCUT2D eigenvalue weighted by Gasteiger charge is 2.58. The number of benzene rings is 2. The second-order valence-corrected chi connectivity index (χ2v) is 8.59. The topological polar surface area (TPSA) is 40.6 Å². The summed E-state index contributed by atoms with van der Waals surface area (Å²) < 4.78 is 0. The minimum absolute atomic E-state index is 0.119. The fraction of sp³-hybridized carbons (Fsp3) is 0.391. The standard InChI is InChI=1S/C23H23ClN2O2/c24-18-8-9-19-20(14-18)22(28)23(21(19)27,17-4-2-1-3-5-17)26-12-10-25(11-13-26)15-16-6-7-16/h1-5,8-9,14,16H,6-7,10-13,15H2. The lowest BCUT2D eigenvalue weighted by atomic mass is 9.82. The lowest BCUT2D eigenvalue weighted by Gasteiger charge is -2.44. The van der Waals surface area contributed by atoms with Crippen molar-refractivity contribution >= 4 is 23.2 Å². The molecule has 2 aromatic rings. The molecule has 5 heteroatoms. The normalized spacial score (nSPS) is 25.9. The number of hydrogen-bond donors (Lipinski definition) is 0. The van der Waals surface area contributed by atoms with Gasteiger partial charge in [0.05, 0.1) is 0 Å². The summed E-state index contributed by atoms with van der Waals surface area (Å²) in [4.78, 5) is 32.0. The Morgan fingerprint density at radius 1 is 0.893 bits per heavy atom. The molecule has 1 saturated carbocycles. The largest absolute Gasteiger partial charge is 0.301 e. The summed E-state index contributed by atoms with van der Waals surface area (Å²) in [5.74, 6) is 0.582. The van der Waals surface area contributed by atoms with E-state index in [-0.39, 0.29) is 11.6 Å². The highest BCUT2D eigenvalue weighted by atomic mass is 35.5. The van der Waals surface area contributed by atoms with E-state index in [1.807, 2.05) is 30.3 Å². The van der Waals surface area contributed by atoms with Gasteiger partial charge in [0.25, 0.3) is 0 Å². The number of piperazine rings is 1. The summed E-state index contributed by atoms with van der Waals surface area (Å²) in [6, 6.07) is 14.6. The minimum atomic E-state index is -1.26. The molecule has 28 heavy (non-hydrogen) atoms. The Hall–Kier alpha value is -2.01. The summed E-state index contributed by atoms with van der Waals surface area (Å²) >= 11 is 6.15. The maximum absolute atomic E-state index is 13.7. The Morgan fingerprint density at radius 2 is 1.57 bits per heavy atom. The SMILES string of the molecule is O=C1c2ccc(Cl)cc2C(=O)C1(c1ccccc1)N1CCN(CC2CC2)CC1. The van der Waals surface area contributed by atoms with E-state index in [0.29, 0.717) is 29.2 Å². The summed E-state index contributed by atoms with van der Waals surface area (Å²) in [6.07, 6.45) is 2.67. The van der Waals surface area contributed by atoms with Crippen LogP contribution in [-0.4, -0.2) is 54.1 Å². The Morgan fingerprint density at radius 3 is 2.25 bits per heavy atom. The van der Waals surface area contributed by atoms with Gasteiger partial charge in [-0.15, -0.1) is 0 Å². The van der Waals surface area contributed by atoms with E-state index in [0.717, 1.165) is 31.1 Å². The van der Waals surface area contributed by atoms with E-state index >= 15 is 0 Å². The van der Waals surface area contributed by atoms with Crippen molar-refractivity contribution in [1.82, 2.24) is 9.80 Å². The van der Waals surface area contributed by atoms with Crippen LogP contribution in [-0.2, 0) is 5.54 Å². The molecule has 2 fully saturated rings. The third-order valence-corrected chi connectivity index (χ3v) is 6.61. The van der Waals surface area contributed by atoms with Crippen molar-refractivity contribution in [2.24, 2.45) is 5.92 Å². The van der Waals surface area contributed by atoms with Crippen LogP contribution in [0.3, 0.4) is 0 Å². The maximum atomic E-state index is 13.7. The third-order valence-electron chi connectivity index (χ3n) is 6.38. The number of carbonyl (C=O) groups excluding carboxylic acids is 2. The zero-order chi connectivity index (χ0) is 19.3. The first-order valence-corrected chi connectivity index (χ1v) is 10.4. The van der Waals surface area contributed by atoms with Crippen LogP contribution in [0.4, 0.5) is 0 Å². The van der Waals surface area contributed by atoms with Crippen LogP contribution in [0.2, 0.25) is 5.02 Å². The molecule has 0 radical (unpaired) electrons. The molecule has 2 aromatic carbocycles. The summed E-state index contributed by atoms with van der Waals surface area (Å²) in [5, 5.41) is 0.484. The summed E-state index contributed by atoms with van der Waals surface area (Å²) in [5.41, 5.74) is 0.424. The molecule has 1 heterocycles. The zero-order valence-corrected chi connectivity index (χ0v) is 16.5. The van der Waals surface area contributed by atoms with Crippen LogP contribution >= 0.6 is 11.6 Å². The molecule has 1 atom stereocenters. The quantitative estimate of drug-likeness (QED) is 0.742. The van der Waals surface area contributed by atoms with Crippen molar-refractivity contribution in [3.63, 3.8) is 0 Å². The highest BCUT2D eigenvalue weighted by molar-refractivity contribution is 6.35. The number of ketones is 2. The van der Waals surface area contributed by atoms with E-state index < -0.39 is 5.54 Å². The first-order chi connectivity index (χ1) is 13.6. The molecule has 0 bridgehead atoms. The summed E-state index contributed by atoms with van der Waals surface area (Å²) in [6.45, 7) is 4.34. The lowest BCUT2D eigenvalue weighted by molar-refractivity contribution is 0.0285. The van der Waals surface area contributed by atoms with Gasteiger partial charge in [0.2, 0.25) is 0 Å². The van der Waals surface area contributed by atoms with Crippen molar-refractivity contribution in [2.75, 3.05) is 32.7 Å². The van der Waals surface area contributed by atoms with Gasteiger partial charge in [0, 0.05) is 48.9 Å². The minimum Gasteiger partial charge on any atom is -0.301 e. The molecule has 0 aromatic heterocycles. The monoisotopic (exact) mass is 394 g/mol. The molecule has 3 aliphatic rings. The van der Waals surface area contributed by atoms with Crippen molar-refractivity contribution < 1.29 is 9.59 Å². The van der Waals surface area contributed by atoms with Gasteiger partial charge >= 0.3 is 0 Å². The Bertz CT molecular complexity index is 933. The van der Waals surface area contributed by atoms with Gasteiger partial charge in [-0.1, -0.05) is 41.9 Å². The van der Waals surface area contributed by atoms with Crippen LogP contribution in [0, 0.1) is 5.92 Å². The Balaban J connectivity index is 1.55. The second kappa shape index (κ2) is 6.80. The van der Waals surface area contributed by atoms with Crippen LogP contribution in [0.5, 0.6) is 0 Å². The van der Waals surface area contributed by atoms with Crippen LogP contribution in [0.1, 0.15) is 39.1 Å². The molecule has 4 nitrogen and oxygen atoms in total. The van der Waals surface area contributed by atoms with Gasteiger partial charge in [0.1, 0.15) is 0 Å². The molecule has 1 aliphatic heterocycles. The zero-order valence-electron chi connectivity index (χ0n) is 15.7. The molecule has 0 amide bonds. The Kier molecular flexibility index (Phi) is 4.38. The van der Waals surface area contributed by atoms with Crippen molar-refractivity contribution in [3.8, 4) is 0 Å². The molecular formula is C23H23ClN2O2. The molecule has 2 aliphatic carbocycles.